The molecule has 16 heavy (non-hydrogen) atoms. The molecule has 1 nitrogen and oxygen atoms in total. The normalized spacial score (nSPS) is 12.4. The highest BCUT2D eigenvalue weighted by molar-refractivity contribution is 6.20. The van der Waals surface area contributed by atoms with Gasteiger partial charge in [0.15, 0.2) is 0 Å². The quantitative estimate of drug-likeness (QED) is 0.484. The fourth-order valence-electron chi connectivity index (χ4n) is 1.68. The first-order chi connectivity index (χ1) is 7.77. The molecule has 1 aromatic carbocycles. The van der Waals surface area contributed by atoms with Gasteiger partial charge in [-0.2, -0.15) is 0 Å². The fourth-order valence-corrected chi connectivity index (χ4v) is 1.98. The lowest BCUT2D eigenvalue weighted by Crippen LogP contribution is -1.93. The summed E-state index contributed by atoms with van der Waals surface area (Å²) in [6.07, 6.45) is 4.77. The molecule has 0 heterocycles. The number of ether oxygens (including phenoxy) is 1. The second-order valence-corrected chi connectivity index (χ2v) is 4.49. The lowest BCUT2D eigenvalue weighted by molar-refractivity contribution is 0.340. The van der Waals surface area contributed by atoms with Crippen LogP contribution >= 0.6 is 11.6 Å². The zero-order valence-corrected chi connectivity index (χ0v) is 11.0. The van der Waals surface area contributed by atoms with Gasteiger partial charge in [0.1, 0.15) is 5.75 Å². The van der Waals surface area contributed by atoms with Crippen molar-refractivity contribution in [3.63, 3.8) is 0 Å². The highest BCUT2D eigenvalue weighted by Gasteiger charge is 2.07. The maximum absolute atomic E-state index is 6.33. The van der Waals surface area contributed by atoms with Crippen LogP contribution in [0, 0.1) is 0 Å². The van der Waals surface area contributed by atoms with Crippen molar-refractivity contribution >= 4 is 11.6 Å². The van der Waals surface area contributed by atoms with Crippen molar-refractivity contribution in [1.29, 1.82) is 0 Å². The molecule has 0 saturated carbocycles. The van der Waals surface area contributed by atoms with Gasteiger partial charge in [-0.15, -0.1) is 11.6 Å². The Bertz CT molecular complexity index is 281. The molecule has 1 unspecified atom stereocenters. The van der Waals surface area contributed by atoms with Crippen LogP contribution < -0.4 is 4.74 Å². The second-order valence-electron chi connectivity index (χ2n) is 3.97. The second kappa shape index (κ2) is 7.56. The summed E-state index contributed by atoms with van der Waals surface area (Å²) in [5, 5.41) is 0.141. The largest absolute Gasteiger partial charge is 0.494 e. The van der Waals surface area contributed by atoms with Crippen LogP contribution in [0.1, 0.15) is 50.5 Å². The van der Waals surface area contributed by atoms with E-state index in [1.165, 1.54) is 24.8 Å². The predicted octanol–water partition coefficient (Wildman–Crippen LogP) is 4.95. The summed E-state index contributed by atoms with van der Waals surface area (Å²) in [5.74, 6) is 0.920. The van der Waals surface area contributed by atoms with Gasteiger partial charge < -0.3 is 4.74 Å². The minimum atomic E-state index is 0.141. The van der Waals surface area contributed by atoms with E-state index in [4.69, 9.17) is 16.3 Å². The summed E-state index contributed by atoms with van der Waals surface area (Å²) in [6, 6.07) is 8.12. The molecule has 0 aliphatic carbocycles. The van der Waals surface area contributed by atoms with Crippen LogP contribution in [0.2, 0.25) is 0 Å². The van der Waals surface area contributed by atoms with Gasteiger partial charge in [-0.25, -0.2) is 0 Å². The van der Waals surface area contributed by atoms with Gasteiger partial charge in [0.05, 0.1) is 12.0 Å². The highest BCUT2D eigenvalue weighted by Crippen LogP contribution is 2.27. The summed E-state index contributed by atoms with van der Waals surface area (Å²) in [5.41, 5.74) is 1.20. The van der Waals surface area contributed by atoms with Gasteiger partial charge in [0.25, 0.3) is 0 Å². The first-order valence-corrected chi connectivity index (χ1v) is 6.58. The molecule has 90 valence electrons. The molecule has 2 heteroatoms. The van der Waals surface area contributed by atoms with Crippen molar-refractivity contribution in [3.05, 3.63) is 29.8 Å². The first kappa shape index (κ1) is 13.4. The van der Waals surface area contributed by atoms with Gasteiger partial charge in [-0.05, 0) is 31.0 Å². The Morgan fingerprint density at radius 2 is 1.81 bits per heavy atom. The van der Waals surface area contributed by atoms with E-state index >= 15 is 0 Å². The molecule has 0 spiro atoms. The number of hydrogen-bond acceptors (Lipinski definition) is 1. The van der Waals surface area contributed by atoms with E-state index in [1.807, 2.05) is 19.1 Å². The van der Waals surface area contributed by atoms with Crippen molar-refractivity contribution in [3.8, 4) is 5.75 Å². The van der Waals surface area contributed by atoms with Crippen LogP contribution in [0.4, 0.5) is 0 Å². The molecule has 0 amide bonds. The standard InChI is InChI=1S/C14H21ClO/c1-3-5-6-7-14(15)12-8-10-13(11-9-12)16-4-2/h8-11,14H,3-7H2,1-2H3. The number of rotatable bonds is 7. The lowest BCUT2D eigenvalue weighted by Gasteiger charge is -2.10. The summed E-state index contributed by atoms with van der Waals surface area (Å²) < 4.78 is 5.40. The smallest absolute Gasteiger partial charge is 0.119 e. The first-order valence-electron chi connectivity index (χ1n) is 6.14. The Kier molecular flexibility index (Phi) is 6.32. The van der Waals surface area contributed by atoms with Crippen LogP contribution in [-0.2, 0) is 0 Å². The zero-order valence-electron chi connectivity index (χ0n) is 10.2. The SMILES string of the molecule is CCCCCC(Cl)c1ccc(OCC)cc1. The lowest BCUT2D eigenvalue weighted by atomic mass is 10.1. The number of halogens is 1. The summed E-state index contributed by atoms with van der Waals surface area (Å²) in [4.78, 5) is 0. The van der Waals surface area contributed by atoms with E-state index in [0.29, 0.717) is 6.61 Å². The number of unbranched alkanes of at least 4 members (excludes halogenated alkanes) is 2. The van der Waals surface area contributed by atoms with E-state index in [-0.39, 0.29) is 5.38 Å². The van der Waals surface area contributed by atoms with Crippen molar-refractivity contribution in [2.75, 3.05) is 6.61 Å². The zero-order chi connectivity index (χ0) is 11.8. The summed E-state index contributed by atoms with van der Waals surface area (Å²) in [7, 11) is 0. The molecule has 0 aliphatic heterocycles. The third kappa shape index (κ3) is 4.44. The molecule has 0 bridgehead atoms. The topological polar surface area (TPSA) is 9.23 Å². The Hall–Kier alpha value is -0.690. The fraction of sp³-hybridized carbons (Fsp3) is 0.571. The maximum Gasteiger partial charge on any atom is 0.119 e. The monoisotopic (exact) mass is 240 g/mol. The van der Waals surface area contributed by atoms with Crippen LogP contribution in [0.25, 0.3) is 0 Å². The van der Waals surface area contributed by atoms with Gasteiger partial charge in [0.2, 0.25) is 0 Å². The summed E-state index contributed by atoms with van der Waals surface area (Å²) >= 11 is 6.33. The Morgan fingerprint density at radius 1 is 1.12 bits per heavy atom. The third-order valence-electron chi connectivity index (χ3n) is 2.61. The van der Waals surface area contributed by atoms with Crippen molar-refractivity contribution in [2.24, 2.45) is 0 Å². The van der Waals surface area contributed by atoms with E-state index < -0.39 is 0 Å². The molecule has 0 N–H and O–H groups in total. The van der Waals surface area contributed by atoms with E-state index in [9.17, 15) is 0 Å². The van der Waals surface area contributed by atoms with E-state index in [1.54, 1.807) is 0 Å². The number of hydrogen-bond donors (Lipinski definition) is 0. The minimum absolute atomic E-state index is 0.141. The van der Waals surface area contributed by atoms with Gasteiger partial charge in [-0.3, -0.25) is 0 Å². The molecule has 0 saturated heterocycles. The van der Waals surface area contributed by atoms with Crippen LogP contribution in [-0.4, -0.2) is 6.61 Å². The van der Waals surface area contributed by atoms with E-state index in [2.05, 4.69) is 19.1 Å². The van der Waals surface area contributed by atoms with Gasteiger partial charge >= 0.3 is 0 Å². The Morgan fingerprint density at radius 3 is 2.38 bits per heavy atom. The molecular weight excluding hydrogens is 220 g/mol. The predicted molar refractivity (Wildman–Crippen MR) is 70.3 cm³/mol. The van der Waals surface area contributed by atoms with Crippen LogP contribution in [0.5, 0.6) is 5.75 Å². The minimum Gasteiger partial charge on any atom is -0.494 e. The van der Waals surface area contributed by atoms with Crippen LogP contribution in [0.3, 0.4) is 0 Å². The number of benzene rings is 1. The van der Waals surface area contributed by atoms with Crippen molar-refractivity contribution in [1.82, 2.24) is 0 Å². The molecule has 0 aromatic heterocycles. The molecule has 0 radical (unpaired) electrons. The Balaban J connectivity index is 2.46. The molecule has 0 fully saturated rings. The van der Waals surface area contributed by atoms with Crippen molar-refractivity contribution in [2.45, 2.75) is 44.9 Å². The van der Waals surface area contributed by atoms with Crippen molar-refractivity contribution < 1.29 is 4.74 Å². The van der Waals surface area contributed by atoms with Gasteiger partial charge in [-0.1, -0.05) is 38.3 Å². The molecular formula is C14H21ClO. The Labute approximate surface area is 104 Å². The third-order valence-corrected chi connectivity index (χ3v) is 3.08. The summed E-state index contributed by atoms with van der Waals surface area (Å²) in [6.45, 7) is 4.91. The van der Waals surface area contributed by atoms with E-state index in [0.717, 1.165) is 12.2 Å². The van der Waals surface area contributed by atoms with Crippen LogP contribution in [0.15, 0.2) is 24.3 Å². The molecule has 1 aromatic rings. The molecule has 1 rings (SSSR count). The van der Waals surface area contributed by atoms with Gasteiger partial charge in [0, 0.05) is 0 Å². The molecule has 0 aliphatic rings. The average Bonchev–Trinajstić information content (AvgIpc) is 2.30. The number of alkyl halides is 1. The highest BCUT2D eigenvalue weighted by atomic mass is 35.5. The average molecular weight is 241 g/mol. The maximum atomic E-state index is 6.33. The molecule has 1 atom stereocenters.